The molecule has 0 aliphatic carbocycles. The fourth-order valence-electron chi connectivity index (χ4n) is 5.63. The molecule has 0 fully saturated rings. The van der Waals surface area contributed by atoms with Gasteiger partial charge in [0, 0.05) is 24.1 Å². The number of benzene rings is 4. The van der Waals surface area contributed by atoms with Gasteiger partial charge in [-0.1, -0.05) is 60.7 Å². The third-order valence-corrected chi connectivity index (χ3v) is 7.52. The van der Waals surface area contributed by atoms with Crippen LogP contribution in [0.3, 0.4) is 0 Å². The van der Waals surface area contributed by atoms with E-state index in [0.717, 1.165) is 22.3 Å². The van der Waals surface area contributed by atoms with Crippen molar-refractivity contribution in [1.29, 1.82) is 0 Å². The van der Waals surface area contributed by atoms with Crippen molar-refractivity contribution in [1.82, 2.24) is 10.6 Å². The number of phenols is 4. The van der Waals surface area contributed by atoms with Crippen molar-refractivity contribution in [3.05, 3.63) is 118 Å². The number of ether oxygens (including phenoxy) is 1. The summed E-state index contributed by atoms with van der Waals surface area (Å²) >= 11 is 0. The first kappa shape index (κ1) is 24.7. The second kappa shape index (κ2) is 9.93. The van der Waals surface area contributed by atoms with Gasteiger partial charge in [0.2, 0.25) is 5.75 Å². The minimum atomic E-state index is -1.20. The second-order valence-corrected chi connectivity index (χ2v) is 10.1. The van der Waals surface area contributed by atoms with Crippen LogP contribution in [-0.2, 0) is 25.0 Å². The molecule has 7 heteroatoms. The van der Waals surface area contributed by atoms with Crippen LogP contribution in [0.5, 0.6) is 28.7 Å². The van der Waals surface area contributed by atoms with Crippen LogP contribution in [0.4, 0.5) is 0 Å². The van der Waals surface area contributed by atoms with Crippen LogP contribution < -0.4 is 15.4 Å². The summed E-state index contributed by atoms with van der Waals surface area (Å²) in [4.78, 5) is 0. The lowest BCUT2D eigenvalue weighted by atomic mass is 9.86. The Morgan fingerprint density at radius 3 is 2.26 bits per heavy atom. The molecule has 0 saturated carbocycles. The molecule has 6 rings (SSSR count). The molecule has 2 heterocycles. The summed E-state index contributed by atoms with van der Waals surface area (Å²) in [7, 11) is 0. The lowest BCUT2D eigenvalue weighted by molar-refractivity contribution is 0.0190. The van der Waals surface area contributed by atoms with Gasteiger partial charge in [0.1, 0.15) is 0 Å². The van der Waals surface area contributed by atoms with Gasteiger partial charge in [0.05, 0.1) is 6.04 Å². The number of hydrogen-bond acceptors (Lipinski definition) is 7. The monoisotopic (exact) mass is 522 g/mol. The molecule has 4 aromatic carbocycles. The molecule has 0 aromatic heterocycles. The lowest BCUT2D eigenvalue weighted by Crippen LogP contribution is -2.53. The van der Waals surface area contributed by atoms with Gasteiger partial charge in [-0.25, -0.2) is 0 Å². The van der Waals surface area contributed by atoms with Gasteiger partial charge in [-0.3, -0.25) is 5.32 Å². The van der Waals surface area contributed by atoms with Gasteiger partial charge < -0.3 is 30.5 Å². The molecule has 198 valence electrons. The van der Waals surface area contributed by atoms with E-state index in [1.807, 2.05) is 60.8 Å². The molecule has 2 unspecified atom stereocenters. The molecule has 0 saturated heterocycles. The maximum Gasteiger partial charge on any atom is 0.201 e. The zero-order valence-corrected chi connectivity index (χ0v) is 21.3. The normalized spacial score (nSPS) is 19.5. The number of rotatable bonds is 6. The lowest BCUT2D eigenvalue weighted by Gasteiger charge is -2.41. The van der Waals surface area contributed by atoms with Crippen molar-refractivity contribution in [2.45, 2.75) is 31.0 Å². The summed E-state index contributed by atoms with van der Waals surface area (Å²) in [6.45, 7) is 0.542. The summed E-state index contributed by atoms with van der Waals surface area (Å²) in [6, 6.07) is 24.4. The van der Waals surface area contributed by atoms with Crippen molar-refractivity contribution >= 4 is 6.08 Å². The predicted octanol–water partition coefficient (Wildman–Crippen LogP) is 4.99. The first-order valence-electron chi connectivity index (χ1n) is 13.0. The summed E-state index contributed by atoms with van der Waals surface area (Å²) in [5, 5.41) is 49.5. The smallest absolute Gasteiger partial charge is 0.201 e. The third-order valence-electron chi connectivity index (χ3n) is 7.52. The highest BCUT2D eigenvalue weighted by Crippen LogP contribution is 2.48. The van der Waals surface area contributed by atoms with Crippen LogP contribution in [0.15, 0.2) is 85.1 Å². The number of phenolic OH excluding ortho intramolecular Hbond substituents is 4. The Balaban J connectivity index is 1.48. The van der Waals surface area contributed by atoms with E-state index >= 15 is 0 Å². The van der Waals surface area contributed by atoms with Gasteiger partial charge in [0.25, 0.3) is 0 Å². The van der Waals surface area contributed by atoms with Gasteiger partial charge >= 0.3 is 0 Å². The Labute approximate surface area is 226 Å². The Kier molecular flexibility index (Phi) is 6.29. The van der Waals surface area contributed by atoms with E-state index in [9.17, 15) is 20.4 Å². The highest BCUT2D eigenvalue weighted by Gasteiger charge is 2.42. The van der Waals surface area contributed by atoms with E-state index in [0.29, 0.717) is 36.9 Å². The largest absolute Gasteiger partial charge is 0.504 e. The number of nitrogens with one attached hydrogen (secondary N) is 2. The van der Waals surface area contributed by atoms with Crippen molar-refractivity contribution in [2.24, 2.45) is 0 Å². The van der Waals surface area contributed by atoms with Crippen LogP contribution in [0.25, 0.3) is 6.08 Å². The van der Waals surface area contributed by atoms with E-state index in [-0.39, 0.29) is 34.8 Å². The van der Waals surface area contributed by atoms with E-state index in [1.165, 1.54) is 6.07 Å². The molecule has 2 atom stereocenters. The molecular formula is C32H30N2O5. The molecule has 0 spiro atoms. The van der Waals surface area contributed by atoms with Crippen molar-refractivity contribution in [2.75, 3.05) is 6.54 Å². The standard InChI is InChI=1S/C32H30N2O5/c35-27-16-22-11-14-34-32(25(22)18-28(27)36,19-21-9-5-2-6-10-21)39-31-23-12-13-33-26(15-20-7-3-1-4-8-20)24(23)17-29(37)30(31)38/h1-10,12-13,16-18,26,33-38H,11,14-15,19H2. The van der Waals surface area contributed by atoms with Gasteiger partial charge in [0.15, 0.2) is 28.7 Å². The Hall–Kier alpha value is -4.62. The van der Waals surface area contributed by atoms with Crippen LogP contribution in [0.2, 0.25) is 0 Å². The molecule has 39 heavy (non-hydrogen) atoms. The summed E-state index contributed by atoms with van der Waals surface area (Å²) in [5.74, 6) is -0.946. The third kappa shape index (κ3) is 4.62. The molecule has 2 aliphatic heterocycles. The van der Waals surface area contributed by atoms with Crippen LogP contribution in [0.1, 0.15) is 39.4 Å². The zero-order chi connectivity index (χ0) is 27.0. The van der Waals surface area contributed by atoms with E-state index in [2.05, 4.69) is 22.8 Å². The minimum absolute atomic E-state index is 0.143. The maximum absolute atomic E-state index is 11.1. The van der Waals surface area contributed by atoms with E-state index < -0.39 is 5.72 Å². The molecule has 4 aromatic rings. The van der Waals surface area contributed by atoms with E-state index in [4.69, 9.17) is 4.74 Å². The first-order chi connectivity index (χ1) is 18.9. The van der Waals surface area contributed by atoms with Gasteiger partial charge in [-0.2, -0.15) is 0 Å². The van der Waals surface area contributed by atoms with Crippen molar-refractivity contribution in [3.8, 4) is 28.7 Å². The highest BCUT2D eigenvalue weighted by molar-refractivity contribution is 5.71. The fourth-order valence-corrected chi connectivity index (χ4v) is 5.63. The SMILES string of the molecule is Oc1cc2c(cc1O)C(Cc1ccccc1)(Oc1c(O)c(O)cc3c1C=CNC3Cc1ccccc1)NCC2. The van der Waals surface area contributed by atoms with Gasteiger partial charge in [-0.15, -0.1) is 0 Å². The molecule has 6 N–H and O–H groups in total. The van der Waals surface area contributed by atoms with Crippen LogP contribution in [-0.4, -0.2) is 27.0 Å². The van der Waals surface area contributed by atoms with Crippen LogP contribution in [0, 0.1) is 0 Å². The minimum Gasteiger partial charge on any atom is -0.504 e. The summed E-state index contributed by atoms with van der Waals surface area (Å²) < 4.78 is 6.78. The average molecular weight is 523 g/mol. The first-order valence-corrected chi connectivity index (χ1v) is 13.0. The summed E-state index contributed by atoms with van der Waals surface area (Å²) in [5.41, 5.74) is 3.84. The van der Waals surface area contributed by atoms with Crippen LogP contribution >= 0.6 is 0 Å². The quantitative estimate of drug-likeness (QED) is 0.198. The Bertz CT molecular complexity index is 1540. The highest BCUT2D eigenvalue weighted by atomic mass is 16.5. The topological polar surface area (TPSA) is 114 Å². The Morgan fingerprint density at radius 2 is 1.51 bits per heavy atom. The second-order valence-electron chi connectivity index (χ2n) is 10.1. The number of hydrogen-bond donors (Lipinski definition) is 6. The molecule has 0 radical (unpaired) electrons. The predicted molar refractivity (Wildman–Crippen MR) is 149 cm³/mol. The molecule has 2 aliphatic rings. The molecular weight excluding hydrogens is 492 g/mol. The molecule has 7 nitrogen and oxygen atoms in total. The summed E-state index contributed by atoms with van der Waals surface area (Å²) in [6.07, 6.45) is 5.32. The average Bonchev–Trinajstić information content (AvgIpc) is 2.94. The van der Waals surface area contributed by atoms with Crippen molar-refractivity contribution in [3.63, 3.8) is 0 Å². The number of aromatic hydroxyl groups is 4. The maximum atomic E-state index is 11.1. The molecule has 0 amide bonds. The molecule has 0 bridgehead atoms. The number of fused-ring (bicyclic) bond motifs is 2. The van der Waals surface area contributed by atoms with E-state index in [1.54, 1.807) is 12.1 Å². The van der Waals surface area contributed by atoms with Gasteiger partial charge in [-0.05, 0) is 65.6 Å². The van der Waals surface area contributed by atoms with Crippen molar-refractivity contribution < 1.29 is 25.2 Å². The Morgan fingerprint density at radius 1 is 0.821 bits per heavy atom. The fraction of sp³-hybridized carbons (Fsp3) is 0.188. The zero-order valence-electron chi connectivity index (χ0n) is 21.3.